The average molecular weight is 401 g/mol. The molecule has 2 aromatic carbocycles. The van der Waals surface area contributed by atoms with Crippen molar-refractivity contribution in [3.8, 4) is 17.2 Å². The van der Waals surface area contributed by atoms with Crippen molar-refractivity contribution in [2.75, 3.05) is 27.4 Å². The van der Waals surface area contributed by atoms with E-state index in [1.807, 2.05) is 39.0 Å². The summed E-state index contributed by atoms with van der Waals surface area (Å²) in [5.74, 6) is 0.826. The molecule has 0 aliphatic rings. The lowest BCUT2D eigenvalue weighted by atomic mass is 10.1. The Morgan fingerprint density at radius 3 is 2.17 bits per heavy atom. The van der Waals surface area contributed by atoms with E-state index in [1.165, 1.54) is 0 Å². The Kier molecular flexibility index (Phi) is 7.88. The Morgan fingerprint density at radius 2 is 1.55 bits per heavy atom. The summed E-state index contributed by atoms with van der Waals surface area (Å²) in [5.41, 5.74) is 3.85. The van der Waals surface area contributed by atoms with E-state index in [2.05, 4.69) is 5.32 Å². The molecule has 0 saturated carbocycles. The van der Waals surface area contributed by atoms with E-state index in [-0.39, 0.29) is 19.8 Å². The van der Waals surface area contributed by atoms with Crippen LogP contribution in [0.4, 0.5) is 0 Å². The van der Waals surface area contributed by atoms with Crippen molar-refractivity contribution >= 4 is 11.9 Å². The van der Waals surface area contributed by atoms with Crippen LogP contribution in [0.2, 0.25) is 0 Å². The van der Waals surface area contributed by atoms with Gasteiger partial charge in [-0.05, 0) is 49.6 Å². The summed E-state index contributed by atoms with van der Waals surface area (Å²) >= 11 is 0. The molecule has 29 heavy (non-hydrogen) atoms. The number of rotatable bonds is 9. The van der Waals surface area contributed by atoms with Crippen LogP contribution >= 0.6 is 0 Å². The summed E-state index contributed by atoms with van der Waals surface area (Å²) in [6, 6.07) is 9.30. The molecule has 1 amide bonds. The fourth-order valence-electron chi connectivity index (χ4n) is 2.96. The largest absolute Gasteiger partial charge is 0.493 e. The monoisotopic (exact) mass is 401 g/mol. The molecule has 1 N–H and O–H groups in total. The van der Waals surface area contributed by atoms with Crippen LogP contribution in [-0.4, -0.2) is 39.3 Å². The fourth-order valence-corrected chi connectivity index (χ4v) is 2.96. The second kappa shape index (κ2) is 10.4. The molecule has 0 bridgehead atoms. The van der Waals surface area contributed by atoms with E-state index in [0.29, 0.717) is 17.2 Å². The van der Waals surface area contributed by atoms with Gasteiger partial charge in [0, 0.05) is 6.54 Å². The van der Waals surface area contributed by atoms with Gasteiger partial charge in [-0.25, -0.2) is 4.79 Å². The molecule has 7 heteroatoms. The quantitative estimate of drug-likeness (QED) is 0.651. The smallest absolute Gasteiger partial charge is 0.344 e. The first-order valence-corrected chi connectivity index (χ1v) is 9.18. The Morgan fingerprint density at radius 1 is 0.897 bits per heavy atom. The Hall–Kier alpha value is -3.22. The van der Waals surface area contributed by atoms with E-state index in [9.17, 15) is 9.59 Å². The minimum Gasteiger partial charge on any atom is -0.493 e. The number of esters is 1. The Labute approximate surface area is 170 Å². The van der Waals surface area contributed by atoms with Crippen molar-refractivity contribution in [1.82, 2.24) is 5.32 Å². The number of amides is 1. The summed E-state index contributed by atoms with van der Waals surface area (Å²) in [5, 5.41) is 2.69. The number of carbonyl (C=O) groups excluding carboxylic acids is 2. The molecule has 2 rings (SSSR count). The second-order valence-corrected chi connectivity index (χ2v) is 6.64. The predicted octanol–water partition coefficient (Wildman–Crippen LogP) is 2.87. The summed E-state index contributed by atoms with van der Waals surface area (Å²) < 4.78 is 20.9. The van der Waals surface area contributed by atoms with Crippen LogP contribution in [0.3, 0.4) is 0 Å². The standard InChI is InChI=1S/C22H27NO6/c1-14-8-15(2)22(16(3)9-14)29-13-21(25)28-12-20(24)23-11-17-6-7-18(26-4)19(10-17)27-5/h6-10H,11-13H2,1-5H3,(H,23,24). The molecule has 0 fully saturated rings. The zero-order chi connectivity index (χ0) is 21.4. The number of ether oxygens (including phenoxy) is 4. The third-order valence-corrected chi connectivity index (χ3v) is 4.24. The zero-order valence-electron chi connectivity index (χ0n) is 17.5. The molecule has 0 unspecified atom stereocenters. The van der Waals surface area contributed by atoms with Gasteiger partial charge in [0.05, 0.1) is 14.2 Å². The van der Waals surface area contributed by atoms with Crippen molar-refractivity contribution in [3.05, 3.63) is 52.6 Å². The van der Waals surface area contributed by atoms with Gasteiger partial charge in [0.25, 0.3) is 5.91 Å². The molecule has 2 aromatic rings. The number of aryl methyl sites for hydroxylation is 3. The molecule has 0 heterocycles. The lowest BCUT2D eigenvalue weighted by molar-refractivity contribution is -0.150. The highest BCUT2D eigenvalue weighted by Gasteiger charge is 2.12. The maximum absolute atomic E-state index is 11.9. The number of carbonyl (C=O) groups is 2. The number of hydrogen-bond acceptors (Lipinski definition) is 6. The average Bonchev–Trinajstić information content (AvgIpc) is 2.69. The lowest BCUT2D eigenvalue weighted by Crippen LogP contribution is -2.29. The zero-order valence-corrected chi connectivity index (χ0v) is 17.5. The second-order valence-electron chi connectivity index (χ2n) is 6.64. The third-order valence-electron chi connectivity index (χ3n) is 4.24. The first-order valence-electron chi connectivity index (χ1n) is 9.18. The van der Waals surface area contributed by atoms with Gasteiger partial charge >= 0.3 is 5.97 Å². The molecule has 7 nitrogen and oxygen atoms in total. The summed E-state index contributed by atoms with van der Waals surface area (Å²) in [6.07, 6.45) is 0. The van der Waals surface area contributed by atoms with Gasteiger partial charge in [-0.3, -0.25) is 4.79 Å². The van der Waals surface area contributed by atoms with Crippen LogP contribution in [0.5, 0.6) is 17.2 Å². The molecule has 0 aliphatic heterocycles. The lowest BCUT2D eigenvalue weighted by Gasteiger charge is -2.13. The van der Waals surface area contributed by atoms with Gasteiger partial charge in [-0.2, -0.15) is 0 Å². The van der Waals surface area contributed by atoms with Gasteiger partial charge in [-0.1, -0.05) is 23.8 Å². The maximum atomic E-state index is 11.9. The Balaban J connectivity index is 1.77. The van der Waals surface area contributed by atoms with Crippen LogP contribution in [-0.2, 0) is 20.9 Å². The summed E-state index contributed by atoms with van der Waals surface area (Å²) in [7, 11) is 3.10. The molecular weight excluding hydrogens is 374 g/mol. The van der Waals surface area contributed by atoms with Crippen LogP contribution < -0.4 is 19.5 Å². The maximum Gasteiger partial charge on any atom is 0.344 e. The van der Waals surface area contributed by atoms with Gasteiger partial charge in [0.2, 0.25) is 0 Å². The van der Waals surface area contributed by atoms with E-state index in [0.717, 1.165) is 22.3 Å². The van der Waals surface area contributed by atoms with E-state index in [1.54, 1.807) is 26.4 Å². The third kappa shape index (κ3) is 6.41. The van der Waals surface area contributed by atoms with Crippen LogP contribution in [0.25, 0.3) is 0 Å². The highest BCUT2D eigenvalue weighted by atomic mass is 16.6. The molecular formula is C22H27NO6. The van der Waals surface area contributed by atoms with Crippen molar-refractivity contribution in [3.63, 3.8) is 0 Å². The van der Waals surface area contributed by atoms with Crippen molar-refractivity contribution in [1.29, 1.82) is 0 Å². The van der Waals surface area contributed by atoms with Crippen LogP contribution in [0.15, 0.2) is 30.3 Å². The van der Waals surface area contributed by atoms with Gasteiger partial charge in [0.15, 0.2) is 24.7 Å². The van der Waals surface area contributed by atoms with Gasteiger partial charge in [-0.15, -0.1) is 0 Å². The highest BCUT2D eigenvalue weighted by molar-refractivity contribution is 5.80. The predicted molar refractivity (Wildman–Crippen MR) is 108 cm³/mol. The number of methoxy groups -OCH3 is 2. The normalized spacial score (nSPS) is 10.2. The number of hydrogen-bond donors (Lipinski definition) is 1. The van der Waals surface area contributed by atoms with Crippen LogP contribution in [0, 0.1) is 20.8 Å². The number of nitrogens with one attached hydrogen (secondary N) is 1. The first kappa shape index (κ1) is 22.1. The molecule has 0 spiro atoms. The molecule has 0 atom stereocenters. The number of benzene rings is 2. The van der Waals surface area contributed by atoms with E-state index < -0.39 is 11.9 Å². The SMILES string of the molecule is COc1ccc(CNC(=O)COC(=O)COc2c(C)cc(C)cc2C)cc1OC. The highest BCUT2D eigenvalue weighted by Crippen LogP contribution is 2.27. The topological polar surface area (TPSA) is 83.1 Å². The fraction of sp³-hybridized carbons (Fsp3) is 0.364. The van der Waals surface area contributed by atoms with E-state index in [4.69, 9.17) is 18.9 Å². The van der Waals surface area contributed by atoms with E-state index >= 15 is 0 Å². The molecule has 0 aliphatic carbocycles. The van der Waals surface area contributed by atoms with Crippen molar-refractivity contribution in [2.45, 2.75) is 27.3 Å². The summed E-state index contributed by atoms with van der Waals surface area (Å²) in [4.78, 5) is 23.8. The van der Waals surface area contributed by atoms with Gasteiger partial charge in [0.1, 0.15) is 5.75 Å². The molecule has 0 saturated heterocycles. The van der Waals surface area contributed by atoms with Crippen molar-refractivity contribution < 1.29 is 28.5 Å². The van der Waals surface area contributed by atoms with Gasteiger partial charge < -0.3 is 24.3 Å². The van der Waals surface area contributed by atoms with Crippen molar-refractivity contribution in [2.24, 2.45) is 0 Å². The Bertz CT molecular complexity index is 855. The minimum absolute atomic E-state index is 0.256. The minimum atomic E-state index is -0.606. The molecule has 0 radical (unpaired) electrons. The molecule has 156 valence electrons. The summed E-state index contributed by atoms with van der Waals surface area (Å²) in [6.45, 7) is 5.48. The molecule has 0 aromatic heterocycles. The first-order chi connectivity index (χ1) is 13.8. The van der Waals surface area contributed by atoms with Crippen LogP contribution in [0.1, 0.15) is 22.3 Å².